The van der Waals surface area contributed by atoms with Crippen LogP contribution in [0, 0.1) is 12.8 Å². The first-order valence-electron chi connectivity index (χ1n) is 6.71. The number of amides is 1. The molecule has 1 fully saturated rings. The van der Waals surface area contributed by atoms with Gasteiger partial charge in [-0.2, -0.15) is 5.10 Å². The molecule has 0 bridgehead atoms. The molecule has 1 aliphatic carbocycles. The molecule has 8 heteroatoms. The van der Waals surface area contributed by atoms with E-state index < -0.39 is 15.9 Å². The van der Waals surface area contributed by atoms with Crippen molar-refractivity contribution in [3.05, 3.63) is 11.4 Å². The Hall–Kier alpha value is -1.41. The van der Waals surface area contributed by atoms with Crippen LogP contribution in [0.2, 0.25) is 0 Å². The Balaban J connectivity index is 2.16. The number of aryl methyl sites for hydroxylation is 1. The molecule has 0 spiro atoms. The molecule has 1 aromatic heterocycles. The number of aromatic nitrogens is 2. The third kappa shape index (κ3) is 3.37. The Labute approximate surface area is 118 Å². The molecule has 1 aromatic rings. The van der Waals surface area contributed by atoms with E-state index in [9.17, 15) is 13.2 Å². The highest BCUT2D eigenvalue weighted by atomic mass is 32.2. The standard InChI is InChI=1S/C12H20N4O3S/c1-3-9(6-8-4-5-8)14-12(17)10-11(20(13,18)19)7(2)15-16-10/h8-9H,3-6H2,1-2H3,(H,14,17)(H,15,16)(H2,13,18,19). The summed E-state index contributed by atoms with van der Waals surface area (Å²) in [6, 6.07) is 0.0420. The van der Waals surface area contributed by atoms with Gasteiger partial charge in [0.25, 0.3) is 5.91 Å². The van der Waals surface area contributed by atoms with Crippen molar-refractivity contribution >= 4 is 15.9 Å². The van der Waals surface area contributed by atoms with E-state index in [4.69, 9.17) is 5.14 Å². The quantitative estimate of drug-likeness (QED) is 0.715. The second-order valence-corrected chi connectivity index (χ2v) is 6.83. The van der Waals surface area contributed by atoms with Crippen LogP contribution in [-0.2, 0) is 10.0 Å². The topological polar surface area (TPSA) is 118 Å². The molecule has 0 aromatic carbocycles. The fraction of sp³-hybridized carbons (Fsp3) is 0.667. The van der Waals surface area contributed by atoms with Gasteiger partial charge in [-0.3, -0.25) is 9.89 Å². The van der Waals surface area contributed by atoms with Gasteiger partial charge in [0.05, 0.1) is 5.69 Å². The van der Waals surface area contributed by atoms with Gasteiger partial charge in [-0.05, 0) is 25.7 Å². The van der Waals surface area contributed by atoms with Crippen LogP contribution in [-0.4, -0.2) is 30.6 Å². The molecule has 20 heavy (non-hydrogen) atoms. The van der Waals surface area contributed by atoms with E-state index in [1.54, 1.807) is 0 Å². The van der Waals surface area contributed by atoms with E-state index in [-0.39, 0.29) is 22.3 Å². The van der Waals surface area contributed by atoms with E-state index in [1.165, 1.54) is 19.8 Å². The Kier molecular flexibility index (Phi) is 4.14. The lowest BCUT2D eigenvalue weighted by Crippen LogP contribution is -2.36. The van der Waals surface area contributed by atoms with Gasteiger partial charge in [0.15, 0.2) is 5.69 Å². The number of nitrogens with two attached hydrogens (primary N) is 1. The fourth-order valence-corrected chi connectivity index (χ4v) is 3.14. The Morgan fingerprint density at radius 1 is 1.55 bits per heavy atom. The predicted octanol–water partition coefficient (Wildman–Crippen LogP) is 0.674. The predicted molar refractivity (Wildman–Crippen MR) is 73.6 cm³/mol. The van der Waals surface area contributed by atoms with Gasteiger partial charge in [0.1, 0.15) is 4.90 Å². The molecular formula is C12H20N4O3S. The molecule has 112 valence electrons. The van der Waals surface area contributed by atoms with Crippen LogP contribution < -0.4 is 10.5 Å². The maximum absolute atomic E-state index is 12.2. The summed E-state index contributed by atoms with van der Waals surface area (Å²) in [4.78, 5) is 12.0. The van der Waals surface area contributed by atoms with Crippen LogP contribution in [0.5, 0.6) is 0 Å². The average Bonchev–Trinajstić information content (AvgIpc) is 3.06. The number of nitrogens with zero attached hydrogens (tertiary/aromatic N) is 1. The lowest BCUT2D eigenvalue weighted by molar-refractivity contribution is 0.0924. The first kappa shape index (κ1) is 15.0. The van der Waals surface area contributed by atoms with Gasteiger partial charge in [-0.1, -0.05) is 19.8 Å². The molecule has 1 heterocycles. The maximum Gasteiger partial charge on any atom is 0.273 e. The summed E-state index contributed by atoms with van der Waals surface area (Å²) in [5, 5.41) is 14.2. The van der Waals surface area contributed by atoms with Crippen molar-refractivity contribution in [2.24, 2.45) is 11.1 Å². The number of carbonyl (C=O) groups excluding carboxylic acids is 1. The van der Waals surface area contributed by atoms with Gasteiger partial charge >= 0.3 is 0 Å². The minimum Gasteiger partial charge on any atom is -0.348 e. The molecule has 1 atom stereocenters. The monoisotopic (exact) mass is 300 g/mol. The molecule has 0 saturated heterocycles. The summed E-state index contributed by atoms with van der Waals surface area (Å²) in [6.07, 6.45) is 4.14. The SMILES string of the molecule is CCC(CC1CC1)NC(=O)c1n[nH]c(C)c1S(N)(=O)=O. The molecule has 7 nitrogen and oxygen atoms in total. The van der Waals surface area contributed by atoms with E-state index in [2.05, 4.69) is 15.5 Å². The molecule has 4 N–H and O–H groups in total. The van der Waals surface area contributed by atoms with Crippen molar-refractivity contribution in [2.45, 2.75) is 50.5 Å². The first-order chi connectivity index (χ1) is 9.32. The smallest absolute Gasteiger partial charge is 0.273 e. The van der Waals surface area contributed by atoms with Gasteiger partial charge < -0.3 is 5.32 Å². The summed E-state index contributed by atoms with van der Waals surface area (Å²) >= 11 is 0. The lowest BCUT2D eigenvalue weighted by atomic mass is 10.1. The Bertz CT molecular complexity index is 604. The number of aromatic amines is 1. The first-order valence-corrected chi connectivity index (χ1v) is 8.26. The van der Waals surface area contributed by atoms with Crippen molar-refractivity contribution < 1.29 is 13.2 Å². The lowest BCUT2D eigenvalue weighted by Gasteiger charge is -2.16. The zero-order valence-corrected chi connectivity index (χ0v) is 12.5. The Morgan fingerprint density at radius 3 is 2.70 bits per heavy atom. The molecule has 0 radical (unpaired) electrons. The van der Waals surface area contributed by atoms with E-state index in [0.717, 1.165) is 12.8 Å². The van der Waals surface area contributed by atoms with Crippen molar-refractivity contribution in [3.63, 3.8) is 0 Å². The van der Waals surface area contributed by atoms with Crippen LogP contribution in [0.3, 0.4) is 0 Å². The molecule has 1 saturated carbocycles. The number of H-pyrrole nitrogens is 1. The minimum atomic E-state index is -3.97. The number of nitrogens with one attached hydrogen (secondary N) is 2. The van der Waals surface area contributed by atoms with Crippen LogP contribution in [0.1, 0.15) is 48.8 Å². The van der Waals surface area contributed by atoms with Crippen LogP contribution in [0.4, 0.5) is 0 Å². The average molecular weight is 300 g/mol. The van der Waals surface area contributed by atoms with E-state index in [1.807, 2.05) is 6.92 Å². The normalized spacial score (nSPS) is 16.9. The molecule has 2 rings (SSSR count). The van der Waals surface area contributed by atoms with Crippen LogP contribution >= 0.6 is 0 Å². The highest BCUT2D eigenvalue weighted by Gasteiger charge is 2.29. The minimum absolute atomic E-state index is 0.0420. The number of rotatable bonds is 6. The summed E-state index contributed by atoms with van der Waals surface area (Å²) in [6.45, 7) is 3.51. The number of hydrogen-bond donors (Lipinski definition) is 3. The fourth-order valence-electron chi connectivity index (χ4n) is 2.26. The molecule has 1 amide bonds. The zero-order chi connectivity index (χ0) is 14.9. The van der Waals surface area contributed by atoms with Crippen LogP contribution in [0.25, 0.3) is 0 Å². The Morgan fingerprint density at radius 2 is 2.20 bits per heavy atom. The van der Waals surface area contributed by atoms with E-state index in [0.29, 0.717) is 5.92 Å². The number of carbonyl (C=O) groups is 1. The molecule has 1 unspecified atom stereocenters. The summed E-state index contributed by atoms with van der Waals surface area (Å²) in [7, 11) is -3.97. The molecule has 1 aliphatic rings. The maximum atomic E-state index is 12.2. The number of hydrogen-bond acceptors (Lipinski definition) is 4. The largest absolute Gasteiger partial charge is 0.348 e. The summed E-state index contributed by atoms with van der Waals surface area (Å²) in [5.41, 5.74) is 0.118. The second kappa shape index (κ2) is 5.53. The van der Waals surface area contributed by atoms with Gasteiger partial charge in [0.2, 0.25) is 10.0 Å². The van der Waals surface area contributed by atoms with Gasteiger partial charge in [-0.25, -0.2) is 13.6 Å². The van der Waals surface area contributed by atoms with Crippen molar-refractivity contribution in [1.29, 1.82) is 0 Å². The van der Waals surface area contributed by atoms with Gasteiger partial charge in [-0.15, -0.1) is 0 Å². The second-order valence-electron chi connectivity index (χ2n) is 5.33. The third-order valence-electron chi connectivity index (χ3n) is 3.53. The highest BCUT2D eigenvalue weighted by Crippen LogP contribution is 2.34. The van der Waals surface area contributed by atoms with Crippen molar-refractivity contribution in [3.8, 4) is 0 Å². The highest BCUT2D eigenvalue weighted by molar-refractivity contribution is 7.89. The van der Waals surface area contributed by atoms with E-state index >= 15 is 0 Å². The van der Waals surface area contributed by atoms with Gasteiger partial charge in [0, 0.05) is 6.04 Å². The molecule has 0 aliphatic heterocycles. The number of sulfonamides is 1. The summed E-state index contributed by atoms with van der Waals surface area (Å²) in [5.74, 6) is 0.185. The summed E-state index contributed by atoms with van der Waals surface area (Å²) < 4.78 is 23.0. The number of primary sulfonamides is 1. The van der Waals surface area contributed by atoms with Crippen LogP contribution in [0.15, 0.2) is 4.90 Å². The van der Waals surface area contributed by atoms with Crippen molar-refractivity contribution in [1.82, 2.24) is 15.5 Å². The third-order valence-corrected chi connectivity index (χ3v) is 4.60. The van der Waals surface area contributed by atoms with Crippen molar-refractivity contribution in [2.75, 3.05) is 0 Å². The zero-order valence-electron chi connectivity index (χ0n) is 11.6. The molecular weight excluding hydrogens is 280 g/mol.